The third-order valence-electron chi connectivity index (χ3n) is 4.31. The number of likely N-dealkylation sites (N-methyl/N-ethyl adjacent to an activating group) is 1. The number of guanidine groups is 1. The second-order valence-corrected chi connectivity index (χ2v) is 6.81. The minimum atomic E-state index is 0.624. The molecule has 3 rings (SSSR count). The predicted molar refractivity (Wildman–Crippen MR) is 94.9 cm³/mol. The number of hydrogen-bond donors (Lipinski definition) is 1. The first kappa shape index (κ1) is 15.1. The maximum absolute atomic E-state index is 4.41. The lowest BCUT2D eigenvalue weighted by atomic mass is 9.78. The maximum atomic E-state index is 4.41. The molecule has 1 aromatic heterocycles. The molecule has 1 heterocycles. The molecule has 0 amide bonds. The molecule has 0 saturated carbocycles. The van der Waals surface area contributed by atoms with Crippen LogP contribution in [0.4, 0.5) is 0 Å². The predicted octanol–water partition coefficient (Wildman–Crippen LogP) is 3.14. The van der Waals surface area contributed by atoms with E-state index in [1.807, 2.05) is 18.4 Å². The van der Waals surface area contributed by atoms with Crippen LogP contribution in [0.15, 0.2) is 46.8 Å². The zero-order chi connectivity index (χ0) is 15.4. The van der Waals surface area contributed by atoms with E-state index in [1.54, 1.807) is 0 Å². The first-order chi connectivity index (χ1) is 10.8. The molecule has 3 nitrogen and oxygen atoms in total. The highest BCUT2D eigenvalue weighted by Crippen LogP contribution is 2.33. The molecule has 1 N–H and O–H groups in total. The van der Waals surface area contributed by atoms with Gasteiger partial charge in [-0.05, 0) is 35.4 Å². The van der Waals surface area contributed by atoms with Crippen molar-refractivity contribution in [1.82, 2.24) is 10.2 Å². The molecule has 0 aliphatic heterocycles. The van der Waals surface area contributed by atoms with Gasteiger partial charge in [0.2, 0.25) is 0 Å². The molecule has 0 fully saturated rings. The van der Waals surface area contributed by atoms with E-state index in [9.17, 15) is 0 Å². The van der Waals surface area contributed by atoms with Crippen LogP contribution in [0.1, 0.15) is 21.9 Å². The summed E-state index contributed by atoms with van der Waals surface area (Å²) in [7, 11) is 3.97. The van der Waals surface area contributed by atoms with E-state index in [0.29, 0.717) is 5.92 Å². The number of hydrogen-bond acceptors (Lipinski definition) is 2. The Balaban J connectivity index is 1.48. The first-order valence-corrected chi connectivity index (χ1v) is 8.68. The number of benzene rings is 1. The summed E-state index contributed by atoms with van der Waals surface area (Å²) in [6.45, 7) is 1.95. The monoisotopic (exact) mass is 313 g/mol. The van der Waals surface area contributed by atoms with E-state index in [2.05, 4.69) is 64.0 Å². The number of nitrogens with one attached hydrogen (secondary N) is 1. The van der Waals surface area contributed by atoms with Crippen LogP contribution < -0.4 is 5.32 Å². The molecular formula is C18H23N3S. The van der Waals surface area contributed by atoms with Crippen LogP contribution in [-0.4, -0.2) is 38.0 Å². The standard InChI is InChI=1S/C18H23N3S/c1-19-18(21(2)10-9-16-7-5-11-22-16)20-13-15-12-14-6-3-4-8-17(14)15/h3-8,11,15H,9-10,12-13H2,1-2H3,(H,19,20). The van der Waals surface area contributed by atoms with E-state index in [0.717, 1.165) is 25.5 Å². The average molecular weight is 313 g/mol. The normalized spacial score (nSPS) is 16.8. The molecule has 116 valence electrons. The fourth-order valence-electron chi connectivity index (χ4n) is 2.98. The molecule has 1 atom stereocenters. The van der Waals surface area contributed by atoms with Gasteiger partial charge in [-0.2, -0.15) is 0 Å². The van der Waals surface area contributed by atoms with Gasteiger partial charge in [0.1, 0.15) is 0 Å². The molecule has 22 heavy (non-hydrogen) atoms. The van der Waals surface area contributed by atoms with Gasteiger partial charge < -0.3 is 10.2 Å². The highest BCUT2D eigenvalue weighted by atomic mass is 32.1. The third-order valence-corrected chi connectivity index (χ3v) is 5.25. The van der Waals surface area contributed by atoms with Crippen LogP contribution in [-0.2, 0) is 12.8 Å². The minimum Gasteiger partial charge on any atom is -0.356 e. The van der Waals surface area contributed by atoms with Crippen LogP contribution >= 0.6 is 11.3 Å². The third kappa shape index (κ3) is 3.33. The zero-order valence-electron chi connectivity index (χ0n) is 13.2. The van der Waals surface area contributed by atoms with Crippen molar-refractivity contribution >= 4 is 17.3 Å². The van der Waals surface area contributed by atoms with Crippen LogP contribution in [0.25, 0.3) is 0 Å². The molecule has 0 spiro atoms. The number of nitrogens with zero attached hydrogens (tertiary/aromatic N) is 2. The topological polar surface area (TPSA) is 27.6 Å². The highest BCUT2D eigenvalue weighted by Gasteiger charge is 2.25. The van der Waals surface area contributed by atoms with Crippen LogP contribution in [0.3, 0.4) is 0 Å². The van der Waals surface area contributed by atoms with Gasteiger partial charge in [0.25, 0.3) is 0 Å². The Kier molecular flexibility index (Phi) is 4.78. The fraction of sp³-hybridized carbons (Fsp3) is 0.389. The quantitative estimate of drug-likeness (QED) is 0.678. The molecule has 0 saturated heterocycles. The van der Waals surface area contributed by atoms with Crippen LogP contribution in [0.2, 0.25) is 0 Å². The Bertz CT molecular complexity index is 634. The van der Waals surface area contributed by atoms with Gasteiger partial charge in [-0.15, -0.1) is 11.3 Å². The molecule has 1 unspecified atom stereocenters. The molecule has 1 aliphatic carbocycles. The molecule has 1 aromatic carbocycles. The number of fused-ring (bicyclic) bond motifs is 1. The molecule has 0 radical (unpaired) electrons. The molecule has 4 heteroatoms. The first-order valence-electron chi connectivity index (χ1n) is 7.80. The summed E-state index contributed by atoms with van der Waals surface area (Å²) in [5.41, 5.74) is 2.99. The Labute approximate surface area is 136 Å². The van der Waals surface area contributed by atoms with Crippen molar-refractivity contribution in [2.75, 3.05) is 27.2 Å². The number of aliphatic imine (C=N–C) groups is 1. The van der Waals surface area contributed by atoms with Crippen LogP contribution in [0.5, 0.6) is 0 Å². The van der Waals surface area contributed by atoms with Crippen molar-refractivity contribution in [3.8, 4) is 0 Å². The largest absolute Gasteiger partial charge is 0.356 e. The summed E-state index contributed by atoms with van der Waals surface area (Å²) in [4.78, 5) is 8.05. The summed E-state index contributed by atoms with van der Waals surface area (Å²) in [5, 5.41) is 5.66. The van der Waals surface area contributed by atoms with Crippen molar-refractivity contribution in [2.24, 2.45) is 4.99 Å². The van der Waals surface area contributed by atoms with Gasteiger partial charge in [0.05, 0.1) is 0 Å². The van der Waals surface area contributed by atoms with Gasteiger partial charge in [0, 0.05) is 38.0 Å². The van der Waals surface area contributed by atoms with Gasteiger partial charge in [-0.25, -0.2) is 0 Å². The van der Waals surface area contributed by atoms with Crippen molar-refractivity contribution in [3.05, 3.63) is 57.8 Å². The fourth-order valence-corrected chi connectivity index (χ4v) is 3.68. The molecular weight excluding hydrogens is 290 g/mol. The summed E-state index contributed by atoms with van der Waals surface area (Å²) < 4.78 is 0. The Morgan fingerprint density at radius 2 is 2.18 bits per heavy atom. The second-order valence-electron chi connectivity index (χ2n) is 5.78. The average Bonchev–Trinajstić information content (AvgIpc) is 3.03. The maximum Gasteiger partial charge on any atom is 0.193 e. The van der Waals surface area contributed by atoms with E-state index >= 15 is 0 Å². The van der Waals surface area contributed by atoms with Crippen molar-refractivity contribution in [2.45, 2.75) is 18.8 Å². The minimum absolute atomic E-state index is 0.624. The smallest absolute Gasteiger partial charge is 0.193 e. The summed E-state index contributed by atoms with van der Waals surface area (Å²) in [6.07, 6.45) is 2.25. The summed E-state index contributed by atoms with van der Waals surface area (Å²) in [5.74, 6) is 1.61. The number of rotatable bonds is 5. The lowest BCUT2D eigenvalue weighted by Gasteiger charge is -2.32. The zero-order valence-corrected chi connectivity index (χ0v) is 14.1. The second kappa shape index (κ2) is 6.97. The van der Waals surface area contributed by atoms with Crippen molar-refractivity contribution < 1.29 is 0 Å². The van der Waals surface area contributed by atoms with E-state index in [1.165, 1.54) is 22.4 Å². The van der Waals surface area contributed by atoms with Gasteiger partial charge >= 0.3 is 0 Å². The van der Waals surface area contributed by atoms with Gasteiger partial charge in [0.15, 0.2) is 5.96 Å². The summed E-state index contributed by atoms with van der Waals surface area (Å²) >= 11 is 1.82. The molecule has 1 aliphatic rings. The Morgan fingerprint density at radius 3 is 2.91 bits per heavy atom. The van der Waals surface area contributed by atoms with Crippen molar-refractivity contribution in [1.29, 1.82) is 0 Å². The Hall–Kier alpha value is -1.81. The summed E-state index contributed by atoms with van der Waals surface area (Å²) in [6, 6.07) is 13.0. The van der Waals surface area contributed by atoms with Crippen molar-refractivity contribution in [3.63, 3.8) is 0 Å². The lowest BCUT2D eigenvalue weighted by Crippen LogP contribution is -2.42. The number of thiophene rings is 1. The van der Waals surface area contributed by atoms with Gasteiger partial charge in [-0.1, -0.05) is 30.3 Å². The van der Waals surface area contributed by atoms with E-state index in [-0.39, 0.29) is 0 Å². The Morgan fingerprint density at radius 1 is 1.32 bits per heavy atom. The van der Waals surface area contributed by atoms with Gasteiger partial charge in [-0.3, -0.25) is 4.99 Å². The lowest BCUT2D eigenvalue weighted by molar-refractivity contribution is 0.475. The molecule has 2 aromatic rings. The molecule has 0 bridgehead atoms. The SMILES string of the molecule is CN=C(NCC1Cc2ccccc21)N(C)CCc1cccs1. The van der Waals surface area contributed by atoms with E-state index in [4.69, 9.17) is 0 Å². The highest BCUT2D eigenvalue weighted by molar-refractivity contribution is 7.09. The van der Waals surface area contributed by atoms with Crippen LogP contribution in [0, 0.1) is 0 Å². The van der Waals surface area contributed by atoms with E-state index < -0.39 is 0 Å².